The fraction of sp³-hybridized carbons (Fsp3) is 0.909. The summed E-state index contributed by atoms with van der Waals surface area (Å²) < 4.78 is 5.45. The Morgan fingerprint density at radius 2 is 2.08 bits per heavy atom. The van der Waals surface area contributed by atoms with Crippen molar-refractivity contribution >= 4 is 5.78 Å². The average molecular weight is 184 g/mol. The molecule has 0 saturated heterocycles. The van der Waals surface area contributed by atoms with Crippen LogP contribution in [0, 0.1) is 5.41 Å². The van der Waals surface area contributed by atoms with Crippen molar-refractivity contribution in [2.75, 3.05) is 13.2 Å². The molecule has 0 aromatic rings. The van der Waals surface area contributed by atoms with Crippen molar-refractivity contribution in [3.63, 3.8) is 0 Å². The smallest absolute Gasteiger partial charge is 0.136 e. The highest BCUT2D eigenvalue weighted by molar-refractivity contribution is 5.84. The minimum absolute atomic E-state index is 0.0339. The fourth-order valence-electron chi connectivity index (χ4n) is 1.54. The van der Waals surface area contributed by atoms with E-state index in [1.165, 1.54) is 6.42 Å². The molecule has 2 heteroatoms. The second-order valence-electron chi connectivity index (χ2n) is 4.05. The number of hydrogen-bond acceptors (Lipinski definition) is 2. The van der Waals surface area contributed by atoms with Crippen LogP contribution in [0.1, 0.15) is 46.0 Å². The van der Waals surface area contributed by atoms with E-state index in [1.54, 1.807) is 6.92 Å². The summed E-state index contributed by atoms with van der Waals surface area (Å²) in [5.74, 6) is 0.353. The third kappa shape index (κ3) is 3.11. The third-order valence-corrected chi connectivity index (χ3v) is 2.97. The van der Waals surface area contributed by atoms with Gasteiger partial charge in [-0.1, -0.05) is 13.3 Å². The molecule has 0 aromatic heterocycles. The molecule has 0 unspecified atom stereocenters. The molecule has 0 aromatic carbocycles. The van der Waals surface area contributed by atoms with Gasteiger partial charge in [0.15, 0.2) is 0 Å². The molecule has 0 amide bonds. The number of unbranched alkanes of at least 4 members (excludes halogenated alkanes) is 1. The Hall–Kier alpha value is -0.370. The maximum absolute atomic E-state index is 11.2. The molecule has 1 saturated carbocycles. The van der Waals surface area contributed by atoms with Crippen LogP contribution in [0.15, 0.2) is 0 Å². The summed E-state index contributed by atoms with van der Waals surface area (Å²) in [6.07, 6.45) is 5.41. The van der Waals surface area contributed by atoms with Gasteiger partial charge in [0.05, 0.1) is 0 Å². The molecule has 2 nitrogen and oxygen atoms in total. The molecule has 0 aliphatic heterocycles. The molecule has 1 fully saturated rings. The lowest BCUT2D eigenvalue weighted by atomic mass is 9.99. The van der Waals surface area contributed by atoms with Gasteiger partial charge < -0.3 is 4.74 Å². The third-order valence-electron chi connectivity index (χ3n) is 2.97. The molecule has 0 bridgehead atoms. The van der Waals surface area contributed by atoms with Crippen LogP contribution in [0.3, 0.4) is 0 Å². The Morgan fingerprint density at radius 1 is 1.38 bits per heavy atom. The summed E-state index contributed by atoms with van der Waals surface area (Å²) >= 11 is 0. The van der Waals surface area contributed by atoms with E-state index in [1.807, 2.05) is 0 Å². The van der Waals surface area contributed by atoms with E-state index in [0.29, 0.717) is 5.78 Å². The van der Waals surface area contributed by atoms with Crippen molar-refractivity contribution in [1.82, 2.24) is 0 Å². The van der Waals surface area contributed by atoms with E-state index in [4.69, 9.17) is 4.74 Å². The van der Waals surface area contributed by atoms with Gasteiger partial charge in [0.2, 0.25) is 0 Å². The van der Waals surface area contributed by atoms with E-state index in [9.17, 15) is 4.79 Å². The maximum atomic E-state index is 11.2. The molecule has 76 valence electrons. The standard InChI is InChI=1S/C11H20O2/c1-3-4-8-13-9-7-11(5-6-11)10(2)12/h3-9H2,1-2H3. The van der Waals surface area contributed by atoms with Crippen molar-refractivity contribution in [3.05, 3.63) is 0 Å². The lowest BCUT2D eigenvalue weighted by molar-refractivity contribution is -0.122. The van der Waals surface area contributed by atoms with Crippen LogP contribution in [-0.4, -0.2) is 19.0 Å². The monoisotopic (exact) mass is 184 g/mol. The first-order valence-corrected chi connectivity index (χ1v) is 5.30. The molecule has 0 atom stereocenters. The number of ether oxygens (including phenoxy) is 1. The van der Waals surface area contributed by atoms with Crippen molar-refractivity contribution in [1.29, 1.82) is 0 Å². The normalized spacial score (nSPS) is 18.6. The highest BCUT2D eigenvalue weighted by Gasteiger charge is 2.46. The lowest BCUT2D eigenvalue weighted by Crippen LogP contribution is -2.14. The van der Waals surface area contributed by atoms with Gasteiger partial charge in [0, 0.05) is 18.6 Å². The molecule has 0 radical (unpaired) electrons. The predicted octanol–water partition coefficient (Wildman–Crippen LogP) is 2.56. The molecule has 0 heterocycles. The van der Waals surface area contributed by atoms with Crippen molar-refractivity contribution in [2.45, 2.75) is 46.0 Å². The number of carbonyl (C=O) groups excluding carboxylic acids is 1. The second kappa shape index (κ2) is 4.75. The summed E-state index contributed by atoms with van der Waals surface area (Å²) in [6, 6.07) is 0. The fourth-order valence-corrected chi connectivity index (χ4v) is 1.54. The van der Waals surface area contributed by atoms with Crippen LogP contribution in [0.25, 0.3) is 0 Å². The Balaban J connectivity index is 2.03. The largest absolute Gasteiger partial charge is 0.381 e. The molecule has 1 rings (SSSR count). The zero-order chi connectivity index (χ0) is 9.73. The van der Waals surface area contributed by atoms with Crippen LogP contribution in [0.2, 0.25) is 0 Å². The molecule has 0 N–H and O–H groups in total. The van der Waals surface area contributed by atoms with Gasteiger partial charge in [-0.25, -0.2) is 0 Å². The highest BCUT2D eigenvalue weighted by Crippen LogP contribution is 2.49. The Morgan fingerprint density at radius 3 is 2.54 bits per heavy atom. The van der Waals surface area contributed by atoms with E-state index in [-0.39, 0.29) is 5.41 Å². The Bertz CT molecular complexity index is 171. The van der Waals surface area contributed by atoms with Crippen LogP contribution in [0.5, 0.6) is 0 Å². The van der Waals surface area contributed by atoms with Gasteiger partial charge in [0.1, 0.15) is 5.78 Å². The summed E-state index contributed by atoms with van der Waals surface area (Å²) in [4.78, 5) is 11.2. The quantitative estimate of drug-likeness (QED) is 0.568. The molecular weight excluding hydrogens is 164 g/mol. The number of Topliss-reactive ketones (excluding diaryl/α,β-unsaturated/α-hetero) is 1. The predicted molar refractivity (Wildman–Crippen MR) is 52.7 cm³/mol. The van der Waals surface area contributed by atoms with Crippen LogP contribution >= 0.6 is 0 Å². The molecule has 1 aliphatic carbocycles. The van der Waals surface area contributed by atoms with Gasteiger partial charge in [-0.2, -0.15) is 0 Å². The van der Waals surface area contributed by atoms with E-state index < -0.39 is 0 Å². The van der Waals surface area contributed by atoms with Crippen LogP contribution in [-0.2, 0) is 9.53 Å². The first-order valence-electron chi connectivity index (χ1n) is 5.30. The molecule has 1 aliphatic rings. The SMILES string of the molecule is CCCCOCCC1(C(C)=O)CC1. The molecular formula is C11H20O2. The van der Waals surface area contributed by atoms with Gasteiger partial charge in [-0.15, -0.1) is 0 Å². The number of ketones is 1. The topological polar surface area (TPSA) is 26.3 Å². The number of carbonyl (C=O) groups is 1. The molecule has 0 spiro atoms. The lowest BCUT2D eigenvalue weighted by Gasteiger charge is -2.10. The minimum Gasteiger partial charge on any atom is -0.381 e. The first-order chi connectivity index (χ1) is 6.21. The first kappa shape index (κ1) is 10.7. The number of rotatable bonds is 7. The minimum atomic E-state index is 0.0339. The second-order valence-corrected chi connectivity index (χ2v) is 4.05. The number of hydrogen-bond donors (Lipinski definition) is 0. The average Bonchev–Trinajstić information content (AvgIpc) is 2.85. The van der Waals surface area contributed by atoms with Gasteiger partial charge in [-0.05, 0) is 32.6 Å². The summed E-state index contributed by atoms with van der Waals surface area (Å²) in [6.45, 7) is 5.48. The van der Waals surface area contributed by atoms with Crippen molar-refractivity contribution in [2.24, 2.45) is 5.41 Å². The van der Waals surface area contributed by atoms with Crippen LogP contribution < -0.4 is 0 Å². The van der Waals surface area contributed by atoms with Gasteiger partial charge >= 0.3 is 0 Å². The van der Waals surface area contributed by atoms with Crippen molar-refractivity contribution < 1.29 is 9.53 Å². The zero-order valence-corrected chi connectivity index (χ0v) is 8.77. The Kier molecular flexibility index (Phi) is 3.91. The molecule has 13 heavy (non-hydrogen) atoms. The Labute approximate surface area is 80.7 Å². The highest BCUT2D eigenvalue weighted by atomic mass is 16.5. The van der Waals surface area contributed by atoms with E-state index >= 15 is 0 Å². The maximum Gasteiger partial charge on any atom is 0.136 e. The van der Waals surface area contributed by atoms with Crippen molar-refractivity contribution in [3.8, 4) is 0 Å². The summed E-state index contributed by atoms with van der Waals surface area (Å²) in [7, 11) is 0. The van der Waals surface area contributed by atoms with Gasteiger partial charge in [-0.3, -0.25) is 4.79 Å². The van der Waals surface area contributed by atoms with Crippen LogP contribution in [0.4, 0.5) is 0 Å². The summed E-state index contributed by atoms with van der Waals surface area (Å²) in [5, 5.41) is 0. The van der Waals surface area contributed by atoms with E-state index in [2.05, 4.69) is 6.92 Å². The van der Waals surface area contributed by atoms with E-state index in [0.717, 1.165) is 38.9 Å². The van der Waals surface area contributed by atoms with Gasteiger partial charge in [0.25, 0.3) is 0 Å². The summed E-state index contributed by atoms with van der Waals surface area (Å²) in [5.41, 5.74) is 0.0339. The zero-order valence-electron chi connectivity index (χ0n) is 8.77.